The molecule has 2 aromatic rings. The number of nitrogens with one attached hydrogen (secondary N) is 1. The monoisotopic (exact) mass is 317 g/mol. The van der Waals surface area contributed by atoms with Crippen molar-refractivity contribution in [2.24, 2.45) is 11.1 Å². The summed E-state index contributed by atoms with van der Waals surface area (Å²) in [5.41, 5.74) is 8.15. The average molecular weight is 317 g/mol. The SMILES string of the molecule is CCC(CC)(CN)C(=O)Nc1ccc(-c2csc(C)n2)cc1. The van der Waals surface area contributed by atoms with Crippen LogP contribution in [0.1, 0.15) is 31.7 Å². The maximum absolute atomic E-state index is 12.5. The van der Waals surface area contributed by atoms with Crippen LogP contribution in [0.15, 0.2) is 29.6 Å². The molecule has 0 saturated carbocycles. The number of hydrogen-bond acceptors (Lipinski definition) is 4. The van der Waals surface area contributed by atoms with E-state index in [1.54, 1.807) is 11.3 Å². The molecule has 0 aliphatic heterocycles. The summed E-state index contributed by atoms with van der Waals surface area (Å²) in [5, 5.41) is 6.07. The summed E-state index contributed by atoms with van der Waals surface area (Å²) in [5.74, 6) is -0.00254. The second kappa shape index (κ2) is 7.03. The highest BCUT2D eigenvalue weighted by atomic mass is 32.1. The fourth-order valence-electron chi connectivity index (χ4n) is 2.44. The highest BCUT2D eigenvalue weighted by molar-refractivity contribution is 7.09. The number of aryl methyl sites for hydroxylation is 1. The van der Waals surface area contributed by atoms with E-state index in [0.717, 1.165) is 34.8 Å². The first-order chi connectivity index (χ1) is 10.5. The van der Waals surface area contributed by atoms with Crippen molar-refractivity contribution >= 4 is 22.9 Å². The van der Waals surface area contributed by atoms with Crippen LogP contribution in [-0.2, 0) is 4.79 Å². The number of carbonyl (C=O) groups is 1. The van der Waals surface area contributed by atoms with Crippen LogP contribution in [0.5, 0.6) is 0 Å². The van der Waals surface area contributed by atoms with Gasteiger partial charge in [0.2, 0.25) is 5.91 Å². The number of benzene rings is 1. The number of nitrogens with zero attached hydrogens (tertiary/aromatic N) is 1. The fourth-order valence-corrected chi connectivity index (χ4v) is 3.06. The Balaban J connectivity index is 2.13. The van der Waals surface area contributed by atoms with E-state index in [-0.39, 0.29) is 5.91 Å². The molecule has 2 rings (SSSR count). The number of hydrogen-bond donors (Lipinski definition) is 2. The first kappa shape index (κ1) is 16.6. The molecule has 1 aromatic carbocycles. The predicted octanol–water partition coefficient (Wildman–Crippen LogP) is 3.82. The molecule has 0 bridgehead atoms. The van der Waals surface area contributed by atoms with E-state index in [0.29, 0.717) is 6.54 Å². The number of nitrogens with two attached hydrogens (primary N) is 1. The van der Waals surface area contributed by atoms with Gasteiger partial charge in [0.15, 0.2) is 0 Å². The number of amides is 1. The Bertz CT molecular complexity index is 621. The Morgan fingerprint density at radius 2 is 1.91 bits per heavy atom. The lowest BCUT2D eigenvalue weighted by Crippen LogP contribution is -2.41. The Morgan fingerprint density at radius 1 is 1.27 bits per heavy atom. The van der Waals surface area contributed by atoms with E-state index in [9.17, 15) is 4.79 Å². The van der Waals surface area contributed by atoms with E-state index in [2.05, 4.69) is 10.3 Å². The largest absolute Gasteiger partial charge is 0.329 e. The van der Waals surface area contributed by atoms with Crippen LogP contribution in [-0.4, -0.2) is 17.4 Å². The van der Waals surface area contributed by atoms with Crippen molar-refractivity contribution in [3.8, 4) is 11.3 Å². The van der Waals surface area contributed by atoms with Gasteiger partial charge in [-0.1, -0.05) is 26.0 Å². The van der Waals surface area contributed by atoms with Gasteiger partial charge in [0.25, 0.3) is 0 Å². The van der Waals surface area contributed by atoms with Crippen molar-refractivity contribution < 1.29 is 4.79 Å². The quantitative estimate of drug-likeness (QED) is 0.851. The third-order valence-electron chi connectivity index (χ3n) is 4.28. The van der Waals surface area contributed by atoms with Gasteiger partial charge in [-0.15, -0.1) is 11.3 Å². The number of carbonyl (C=O) groups excluding carboxylic acids is 1. The predicted molar refractivity (Wildman–Crippen MR) is 93.0 cm³/mol. The number of anilines is 1. The Hall–Kier alpha value is -1.72. The smallest absolute Gasteiger partial charge is 0.231 e. The summed E-state index contributed by atoms with van der Waals surface area (Å²) in [4.78, 5) is 16.9. The molecule has 0 radical (unpaired) electrons. The zero-order chi connectivity index (χ0) is 16.2. The highest BCUT2D eigenvalue weighted by Crippen LogP contribution is 2.28. The summed E-state index contributed by atoms with van der Waals surface area (Å²) in [6.07, 6.45) is 1.48. The molecule has 0 fully saturated rings. The molecule has 1 heterocycles. The van der Waals surface area contributed by atoms with E-state index in [1.807, 2.05) is 50.4 Å². The summed E-state index contributed by atoms with van der Waals surface area (Å²) in [7, 11) is 0. The maximum atomic E-state index is 12.5. The molecule has 118 valence electrons. The standard InChI is InChI=1S/C17H23N3OS/c1-4-17(5-2,11-18)16(21)20-14-8-6-13(7-9-14)15-10-22-12(3)19-15/h6-10H,4-5,11,18H2,1-3H3,(H,20,21). The van der Waals surface area contributed by atoms with Crippen LogP contribution in [0.3, 0.4) is 0 Å². The van der Waals surface area contributed by atoms with Gasteiger partial charge in [0.1, 0.15) is 0 Å². The van der Waals surface area contributed by atoms with Crippen LogP contribution < -0.4 is 11.1 Å². The normalized spacial score (nSPS) is 11.5. The van der Waals surface area contributed by atoms with Crippen molar-refractivity contribution in [3.63, 3.8) is 0 Å². The van der Waals surface area contributed by atoms with Gasteiger partial charge in [-0.05, 0) is 31.9 Å². The molecular weight excluding hydrogens is 294 g/mol. The molecule has 0 aliphatic carbocycles. The second-order valence-electron chi connectivity index (χ2n) is 5.47. The number of thiazole rings is 1. The molecule has 0 spiro atoms. The lowest BCUT2D eigenvalue weighted by Gasteiger charge is -2.28. The molecule has 4 nitrogen and oxygen atoms in total. The van der Waals surface area contributed by atoms with Crippen molar-refractivity contribution in [2.45, 2.75) is 33.6 Å². The average Bonchev–Trinajstić information content (AvgIpc) is 2.97. The number of rotatable bonds is 6. The van der Waals surface area contributed by atoms with Crippen molar-refractivity contribution in [2.75, 3.05) is 11.9 Å². The van der Waals surface area contributed by atoms with Crippen molar-refractivity contribution in [3.05, 3.63) is 34.7 Å². The van der Waals surface area contributed by atoms with Crippen LogP contribution in [0.2, 0.25) is 0 Å². The molecular formula is C17H23N3OS. The second-order valence-corrected chi connectivity index (χ2v) is 6.54. The van der Waals surface area contributed by atoms with E-state index < -0.39 is 5.41 Å². The molecule has 1 amide bonds. The number of aromatic nitrogens is 1. The summed E-state index contributed by atoms with van der Waals surface area (Å²) in [6.45, 7) is 6.36. The molecule has 1 aromatic heterocycles. The molecule has 0 saturated heterocycles. The van der Waals surface area contributed by atoms with Crippen LogP contribution in [0.4, 0.5) is 5.69 Å². The van der Waals surface area contributed by atoms with Crippen molar-refractivity contribution in [1.29, 1.82) is 0 Å². The minimum Gasteiger partial charge on any atom is -0.329 e. The van der Waals surface area contributed by atoms with E-state index in [4.69, 9.17) is 5.73 Å². The van der Waals surface area contributed by atoms with E-state index >= 15 is 0 Å². The lowest BCUT2D eigenvalue weighted by molar-refractivity contribution is -0.125. The molecule has 0 unspecified atom stereocenters. The highest BCUT2D eigenvalue weighted by Gasteiger charge is 2.33. The van der Waals surface area contributed by atoms with E-state index in [1.165, 1.54) is 0 Å². The van der Waals surface area contributed by atoms with Gasteiger partial charge in [0.05, 0.1) is 16.1 Å². The van der Waals surface area contributed by atoms with Crippen LogP contribution in [0, 0.1) is 12.3 Å². The Kier molecular flexibility index (Phi) is 5.32. The van der Waals surface area contributed by atoms with Crippen LogP contribution in [0.25, 0.3) is 11.3 Å². The Morgan fingerprint density at radius 3 is 2.36 bits per heavy atom. The minimum atomic E-state index is -0.481. The van der Waals surface area contributed by atoms with Crippen molar-refractivity contribution in [1.82, 2.24) is 4.98 Å². The maximum Gasteiger partial charge on any atom is 0.231 e. The topological polar surface area (TPSA) is 68.0 Å². The molecule has 0 aliphatic rings. The molecule has 5 heteroatoms. The summed E-state index contributed by atoms with van der Waals surface area (Å²) >= 11 is 1.63. The molecule has 0 atom stereocenters. The van der Waals surface area contributed by atoms with Gasteiger partial charge in [0, 0.05) is 23.2 Å². The third kappa shape index (κ3) is 3.36. The zero-order valence-electron chi connectivity index (χ0n) is 13.3. The van der Waals surface area contributed by atoms with Gasteiger partial charge in [-0.2, -0.15) is 0 Å². The van der Waals surface area contributed by atoms with Crippen LogP contribution >= 0.6 is 11.3 Å². The van der Waals surface area contributed by atoms with Gasteiger partial charge in [-0.3, -0.25) is 4.79 Å². The molecule has 3 N–H and O–H groups in total. The lowest BCUT2D eigenvalue weighted by atomic mass is 9.81. The first-order valence-corrected chi connectivity index (χ1v) is 8.46. The zero-order valence-corrected chi connectivity index (χ0v) is 14.2. The third-order valence-corrected chi connectivity index (χ3v) is 5.06. The Labute approximate surface area is 135 Å². The first-order valence-electron chi connectivity index (χ1n) is 7.58. The summed E-state index contributed by atoms with van der Waals surface area (Å²) in [6, 6.07) is 7.78. The van der Waals surface area contributed by atoms with Gasteiger partial charge >= 0.3 is 0 Å². The minimum absolute atomic E-state index is 0.00254. The van der Waals surface area contributed by atoms with Gasteiger partial charge in [-0.25, -0.2) is 4.98 Å². The summed E-state index contributed by atoms with van der Waals surface area (Å²) < 4.78 is 0. The van der Waals surface area contributed by atoms with Gasteiger partial charge < -0.3 is 11.1 Å². The molecule has 22 heavy (non-hydrogen) atoms. The fraction of sp³-hybridized carbons (Fsp3) is 0.412.